The fourth-order valence-corrected chi connectivity index (χ4v) is 3.46. The monoisotopic (exact) mass is 316 g/mol. The molecule has 23 heavy (non-hydrogen) atoms. The van der Waals surface area contributed by atoms with Gasteiger partial charge in [0.05, 0.1) is 0 Å². The fraction of sp³-hybridized carbons (Fsp3) is 0.0556. The maximum atomic E-state index is 9.52. The molecule has 2 heterocycles. The summed E-state index contributed by atoms with van der Waals surface area (Å²) < 4.78 is 1.66. The first-order valence-corrected chi connectivity index (χ1v) is 8.04. The van der Waals surface area contributed by atoms with E-state index in [1.54, 1.807) is 4.52 Å². The van der Waals surface area contributed by atoms with Crippen LogP contribution in [0.15, 0.2) is 60.7 Å². The van der Waals surface area contributed by atoms with Crippen LogP contribution in [0.25, 0.3) is 16.2 Å². The van der Waals surface area contributed by atoms with E-state index in [4.69, 9.17) is 0 Å². The Labute approximate surface area is 137 Å². The van der Waals surface area contributed by atoms with Gasteiger partial charge in [0, 0.05) is 12.0 Å². The maximum Gasteiger partial charge on any atom is 0.214 e. The van der Waals surface area contributed by atoms with Crippen LogP contribution in [-0.2, 0) is 6.42 Å². The van der Waals surface area contributed by atoms with Crippen LogP contribution in [0.3, 0.4) is 0 Å². The van der Waals surface area contributed by atoms with Gasteiger partial charge < -0.3 is 0 Å². The van der Waals surface area contributed by atoms with Gasteiger partial charge in [-0.05, 0) is 5.56 Å². The summed E-state index contributed by atoms with van der Waals surface area (Å²) in [4.78, 5) is 5.37. The van der Waals surface area contributed by atoms with Gasteiger partial charge in [0.2, 0.25) is 4.96 Å². The number of imidazole rings is 1. The Morgan fingerprint density at radius 3 is 2.39 bits per heavy atom. The SMILES string of the molecule is N#Cc1c(-c2ccccc2)nc2sc(Cc3ccccc3)nn12. The molecule has 0 amide bonds. The normalized spacial score (nSPS) is 10.7. The molecule has 0 fully saturated rings. The topological polar surface area (TPSA) is 54.0 Å². The number of aromatic nitrogens is 3. The fourth-order valence-electron chi connectivity index (χ4n) is 2.53. The smallest absolute Gasteiger partial charge is 0.214 e. The minimum Gasteiger partial charge on any atom is -0.216 e. The Morgan fingerprint density at radius 2 is 1.70 bits per heavy atom. The molecule has 0 N–H and O–H groups in total. The number of benzene rings is 2. The second-order valence-corrected chi connectivity index (χ2v) is 6.18. The lowest BCUT2D eigenvalue weighted by Crippen LogP contribution is -1.93. The van der Waals surface area contributed by atoms with E-state index in [2.05, 4.69) is 28.3 Å². The molecule has 0 radical (unpaired) electrons. The molecule has 4 aromatic rings. The van der Waals surface area contributed by atoms with Gasteiger partial charge in [0.1, 0.15) is 16.8 Å². The third-order valence-electron chi connectivity index (χ3n) is 3.60. The van der Waals surface area contributed by atoms with Gasteiger partial charge in [0.15, 0.2) is 5.69 Å². The molecule has 0 saturated carbocycles. The summed E-state index contributed by atoms with van der Waals surface area (Å²) in [5.41, 5.74) is 3.32. The highest BCUT2D eigenvalue weighted by Crippen LogP contribution is 2.27. The summed E-state index contributed by atoms with van der Waals surface area (Å²) in [7, 11) is 0. The minimum absolute atomic E-state index is 0.488. The van der Waals surface area contributed by atoms with Crippen LogP contribution >= 0.6 is 11.3 Å². The van der Waals surface area contributed by atoms with Crippen molar-refractivity contribution < 1.29 is 0 Å². The highest BCUT2D eigenvalue weighted by Gasteiger charge is 2.17. The Bertz CT molecular complexity index is 994. The van der Waals surface area contributed by atoms with Gasteiger partial charge >= 0.3 is 0 Å². The first-order valence-electron chi connectivity index (χ1n) is 7.23. The molecule has 0 unspecified atom stereocenters. The zero-order chi connectivity index (χ0) is 15.6. The van der Waals surface area contributed by atoms with Crippen LogP contribution in [0.5, 0.6) is 0 Å². The van der Waals surface area contributed by atoms with Gasteiger partial charge in [-0.15, -0.1) is 0 Å². The molecule has 4 rings (SSSR count). The zero-order valence-electron chi connectivity index (χ0n) is 12.2. The number of rotatable bonds is 3. The molecule has 2 aromatic heterocycles. The van der Waals surface area contributed by atoms with Crippen molar-refractivity contribution >= 4 is 16.3 Å². The Morgan fingerprint density at radius 1 is 1.00 bits per heavy atom. The minimum atomic E-state index is 0.488. The van der Waals surface area contributed by atoms with E-state index in [0.29, 0.717) is 11.4 Å². The molecule has 0 aliphatic heterocycles. The summed E-state index contributed by atoms with van der Waals surface area (Å²) in [6.07, 6.45) is 0.750. The second-order valence-electron chi connectivity index (χ2n) is 5.14. The van der Waals surface area contributed by atoms with Crippen LogP contribution in [0.1, 0.15) is 16.3 Å². The highest BCUT2D eigenvalue weighted by atomic mass is 32.1. The molecule has 0 spiro atoms. The average Bonchev–Trinajstić information content (AvgIpc) is 3.13. The van der Waals surface area contributed by atoms with Crippen molar-refractivity contribution in [3.8, 4) is 17.3 Å². The molecule has 4 nitrogen and oxygen atoms in total. The lowest BCUT2D eigenvalue weighted by molar-refractivity contribution is 0.909. The predicted molar refractivity (Wildman–Crippen MR) is 90.3 cm³/mol. The first kappa shape index (κ1) is 13.7. The van der Waals surface area contributed by atoms with Crippen molar-refractivity contribution in [3.63, 3.8) is 0 Å². The van der Waals surface area contributed by atoms with Crippen LogP contribution < -0.4 is 0 Å². The Hall–Kier alpha value is -2.97. The average molecular weight is 316 g/mol. The van der Waals surface area contributed by atoms with Gasteiger partial charge in [0.25, 0.3) is 0 Å². The number of hydrogen-bond donors (Lipinski definition) is 0. The van der Waals surface area contributed by atoms with E-state index in [9.17, 15) is 5.26 Å². The standard InChI is InChI=1S/C18H12N4S/c19-12-15-17(14-9-5-2-6-10-14)20-18-22(15)21-16(23-18)11-13-7-3-1-4-8-13/h1-10H,11H2. The molecule has 110 valence electrons. The number of hydrogen-bond acceptors (Lipinski definition) is 4. The lowest BCUT2D eigenvalue weighted by Gasteiger charge is -1.97. The molecular weight excluding hydrogens is 304 g/mol. The molecule has 0 aliphatic rings. The van der Waals surface area contributed by atoms with Gasteiger partial charge in [-0.25, -0.2) is 4.98 Å². The van der Waals surface area contributed by atoms with Gasteiger partial charge in [-0.1, -0.05) is 72.0 Å². The van der Waals surface area contributed by atoms with E-state index in [1.807, 2.05) is 48.5 Å². The third-order valence-corrected chi connectivity index (χ3v) is 4.51. The van der Waals surface area contributed by atoms with Gasteiger partial charge in [-0.2, -0.15) is 14.9 Å². The Kier molecular flexibility index (Phi) is 3.37. The van der Waals surface area contributed by atoms with Crippen molar-refractivity contribution in [2.75, 3.05) is 0 Å². The summed E-state index contributed by atoms with van der Waals surface area (Å²) >= 11 is 1.53. The molecule has 0 aliphatic carbocycles. The maximum absolute atomic E-state index is 9.52. The van der Waals surface area contributed by atoms with Crippen LogP contribution in [0, 0.1) is 11.3 Å². The van der Waals surface area contributed by atoms with Crippen molar-refractivity contribution in [1.29, 1.82) is 5.26 Å². The van der Waals surface area contributed by atoms with Crippen LogP contribution in [-0.4, -0.2) is 14.6 Å². The van der Waals surface area contributed by atoms with Gasteiger partial charge in [-0.3, -0.25) is 0 Å². The lowest BCUT2D eigenvalue weighted by atomic mass is 10.1. The highest BCUT2D eigenvalue weighted by molar-refractivity contribution is 7.16. The number of nitrogens with zero attached hydrogens (tertiary/aromatic N) is 4. The summed E-state index contributed by atoms with van der Waals surface area (Å²) in [6.45, 7) is 0. The second kappa shape index (κ2) is 5.67. The quantitative estimate of drug-likeness (QED) is 0.575. The van der Waals surface area contributed by atoms with E-state index in [0.717, 1.165) is 22.0 Å². The number of nitriles is 1. The third kappa shape index (κ3) is 2.50. The zero-order valence-corrected chi connectivity index (χ0v) is 13.0. The summed E-state index contributed by atoms with van der Waals surface area (Å²) in [5, 5.41) is 15.0. The van der Waals surface area contributed by atoms with Crippen molar-refractivity contribution in [2.24, 2.45) is 0 Å². The summed E-state index contributed by atoms with van der Waals surface area (Å²) in [6, 6.07) is 22.2. The number of fused-ring (bicyclic) bond motifs is 1. The Balaban J connectivity index is 1.77. The van der Waals surface area contributed by atoms with Crippen LogP contribution in [0.2, 0.25) is 0 Å². The van der Waals surface area contributed by atoms with Crippen molar-refractivity contribution in [3.05, 3.63) is 76.9 Å². The predicted octanol–water partition coefficient (Wildman–Crippen LogP) is 3.92. The van der Waals surface area contributed by atoms with E-state index in [-0.39, 0.29) is 0 Å². The van der Waals surface area contributed by atoms with E-state index in [1.165, 1.54) is 16.9 Å². The van der Waals surface area contributed by atoms with Crippen LogP contribution in [0.4, 0.5) is 0 Å². The molecule has 5 heteroatoms. The first-order chi connectivity index (χ1) is 11.3. The van der Waals surface area contributed by atoms with Crippen molar-refractivity contribution in [1.82, 2.24) is 14.6 Å². The van der Waals surface area contributed by atoms with E-state index < -0.39 is 0 Å². The molecule has 0 saturated heterocycles. The van der Waals surface area contributed by atoms with Crippen molar-refractivity contribution in [2.45, 2.75) is 6.42 Å². The molecule has 0 bridgehead atoms. The largest absolute Gasteiger partial charge is 0.216 e. The summed E-state index contributed by atoms with van der Waals surface area (Å²) in [5.74, 6) is 0. The molecular formula is C18H12N4S. The molecule has 2 aromatic carbocycles. The van der Waals surface area contributed by atoms with E-state index >= 15 is 0 Å². The molecule has 0 atom stereocenters.